The SMILES string of the molecule is CN1CCN(c2cc(N3CC(CCC4CC4c4ccccc4)C3)ncn2)CC1. The summed E-state index contributed by atoms with van der Waals surface area (Å²) in [5.41, 5.74) is 1.54. The van der Waals surface area contributed by atoms with Gasteiger partial charge in [-0.25, -0.2) is 9.97 Å². The lowest BCUT2D eigenvalue weighted by Crippen LogP contribution is -2.47. The van der Waals surface area contributed by atoms with Gasteiger partial charge in [0, 0.05) is 45.3 Å². The fourth-order valence-electron chi connectivity index (χ4n) is 4.78. The zero-order chi connectivity index (χ0) is 18.9. The monoisotopic (exact) mass is 377 g/mol. The van der Waals surface area contributed by atoms with Crippen LogP contribution in [0.4, 0.5) is 11.6 Å². The molecule has 1 aliphatic carbocycles. The molecule has 0 N–H and O–H groups in total. The number of likely N-dealkylation sites (N-methyl/N-ethyl adjacent to an activating group) is 1. The minimum Gasteiger partial charge on any atom is -0.356 e. The maximum Gasteiger partial charge on any atom is 0.134 e. The Balaban J connectivity index is 1.08. The number of rotatable bonds is 6. The molecule has 28 heavy (non-hydrogen) atoms. The van der Waals surface area contributed by atoms with Crippen molar-refractivity contribution in [1.82, 2.24) is 14.9 Å². The topological polar surface area (TPSA) is 35.5 Å². The highest BCUT2D eigenvalue weighted by Crippen LogP contribution is 2.50. The predicted octanol–water partition coefficient (Wildman–Crippen LogP) is 3.25. The van der Waals surface area contributed by atoms with Crippen LogP contribution in [0.1, 0.15) is 30.7 Å². The Bertz CT molecular complexity index is 781. The van der Waals surface area contributed by atoms with Crippen molar-refractivity contribution in [2.45, 2.75) is 25.2 Å². The van der Waals surface area contributed by atoms with Gasteiger partial charge in [-0.05, 0) is 49.6 Å². The second kappa shape index (κ2) is 7.70. The van der Waals surface area contributed by atoms with Gasteiger partial charge >= 0.3 is 0 Å². The van der Waals surface area contributed by atoms with Crippen LogP contribution in [0.5, 0.6) is 0 Å². The maximum atomic E-state index is 4.54. The molecular weight excluding hydrogens is 346 g/mol. The van der Waals surface area contributed by atoms with Crippen LogP contribution in [-0.2, 0) is 0 Å². The summed E-state index contributed by atoms with van der Waals surface area (Å²) in [7, 11) is 2.19. The standard InChI is InChI=1S/C23H31N5/c1-26-9-11-27(12-10-26)22-14-23(25-17-24-22)28-15-18(16-28)7-8-20-13-21(20)19-5-3-2-4-6-19/h2-6,14,17-18,20-21H,7-13,15-16H2,1H3. The minimum atomic E-state index is 0.824. The average molecular weight is 378 g/mol. The van der Waals surface area contributed by atoms with E-state index in [-0.39, 0.29) is 0 Å². The van der Waals surface area contributed by atoms with E-state index in [1.807, 2.05) is 0 Å². The summed E-state index contributed by atoms with van der Waals surface area (Å²) >= 11 is 0. The van der Waals surface area contributed by atoms with Crippen LogP contribution in [0.25, 0.3) is 0 Å². The Morgan fingerprint density at radius 2 is 1.61 bits per heavy atom. The highest BCUT2D eigenvalue weighted by Gasteiger charge is 2.39. The molecule has 148 valence electrons. The van der Waals surface area contributed by atoms with Gasteiger partial charge in [-0.3, -0.25) is 0 Å². The fourth-order valence-corrected chi connectivity index (χ4v) is 4.78. The van der Waals surface area contributed by atoms with E-state index in [2.05, 4.69) is 68.1 Å². The van der Waals surface area contributed by atoms with Crippen molar-refractivity contribution < 1.29 is 0 Å². The molecule has 0 radical (unpaired) electrons. The summed E-state index contributed by atoms with van der Waals surface area (Å²) in [5, 5.41) is 0. The summed E-state index contributed by atoms with van der Waals surface area (Å²) in [5.74, 6) is 4.77. The first-order valence-electron chi connectivity index (χ1n) is 10.8. The molecular formula is C23H31N5. The molecule has 0 spiro atoms. The summed E-state index contributed by atoms with van der Waals surface area (Å²) in [4.78, 5) is 16.3. The van der Waals surface area contributed by atoms with Gasteiger partial charge in [0.2, 0.25) is 0 Å². The Hall–Kier alpha value is -2.14. The number of anilines is 2. The van der Waals surface area contributed by atoms with Gasteiger partial charge < -0.3 is 14.7 Å². The number of hydrogen-bond donors (Lipinski definition) is 0. The Morgan fingerprint density at radius 1 is 0.893 bits per heavy atom. The van der Waals surface area contributed by atoms with E-state index < -0.39 is 0 Å². The first-order chi connectivity index (χ1) is 13.8. The van der Waals surface area contributed by atoms with Crippen LogP contribution in [0.2, 0.25) is 0 Å². The number of hydrogen-bond acceptors (Lipinski definition) is 5. The van der Waals surface area contributed by atoms with Crippen molar-refractivity contribution in [3.8, 4) is 0 Å². The molecule has 3 fully saturated rings. The molecule has 2 aromatic rings. The molecule has 5 heteroatoms. The molecule has 1 aromatic carbocycles. The summed E-state index contributed by atoms with van der Waals surface area (Å²) < 4.78 is 0. The quantitative estimate of drug-likeness (QED) is 0.772. The Kier molecular flexibility index (Phi) is 4.93. The van der Waals surface area contributed by atoms with Gasteiger partial charge in [-0.2, -0.15) is 0 Å². The molecule has 0 bridgehead atoms. The molecule has 0 amide bonds. The smallest absolute Gasteiger partial charge is 0.134 e. The molecule has 5 nitrogen and oxygen atoms in total. The Labute approximate surface area is 168 Å². The van der Waals surface area contributed by atoms with Gasteiger partial charge in [0.05, 0.1) is 0 Å². The van der Waals surface area contributed by atoms with Crippen molar-refractivity contribution in [3.63, 3.8) is 0 Å². The molecule has 2 atom stereocenters. The van der Waals surface area contributed by atoms with Gasteiger partial charge in [0.25, 0.3) is 0 Å². The first-order valence-corrected chi connectivity index (χ1v) is 10.8. The van der Waals surface area contributed by atoms with E-state index in [9.17, 15) is 0 Å². The molecule has 1 aromatic heterocycles. The lowest BCUT2D eigenvalue weighted by atomic mass is 9.92. The fraction of sp³-hybridized carbons (Fsp3) is 0.565. The number of nitrogens with zero attached hydrogens (tertiary/aromatic N) is 5. The second-order valence-electron chi connectivity index (χ2n) is 8.89. The Morgan fingerprint density at radius 3 is 2.36 bits per heavy atom. The third-order valence-electron chi connectivity index (χ3n) is 6.84. The molecule has 1 saturated carbocycles. The molecule has 2 aliphatic heterocycles. The maximum absolute atomic E-state index is 4.54. The van der Waals surface area contributed by atoms with E-state index in [1.54, 1.807) is 11.9 Å². The molecule has 5 rings (SSSR count). The first kappa shape index (κ1) is 17.9. The molecule has 3 heterocycles. The predicted molar refractivity (Wildman–Crippen MR) is 114 cm³/mol. The molecule has 2 saturated heterocycles. The lowest BCUT2D eigenvalue weighted by Gasteiger charge is -2.41. The zero-order valence-electron chi connectivity index (χ0n) is 16.9. The number of aromatic nitrogens is 2. The van der Waals surface area contributed by atoms with Crippen molar-refractivity contribution >= 4 is 11.6 Å². The van der Waals surface area contributed by atoms with Crippen LogP contribution in [0.15, 0.2) is 42.7 Å². The lowest BCUT2D eigenvalue weighted by molar-refractivity contribution is 0.312. The van der Waals surface area contributed by atoms with Crippen molar-refractivity contribution in [2.75, 3.05) is 56.1 Å². The number of benzene rings is 1. The largest absolute Gasteiger partial charge is 0.356 e. The van der Waals surface area contributed by atoms with E-state index in [4.69, 9.17) is 0 Å². The summed E-state index contributed by atoms with van der Waals surface area (Å²) in [6.07, 6.45) is 5.88. The van der Waals surface area contributed by atoms with Crippen molar-refractivity contribution in [3.05, 3.63) is 48.3 Å². The van der Waals surface area contributed by atoms with Crippen LogP contribution in [-0.4, -0.2) is 61.2 Å². The van der Waals surface area contributed by atoms with Crippen LogP contribution < -0.4 is 9.80 Å². The van der Waals surface area contributed by atoms with Gasteiger partial charge in [-0.15, -0.1) is 0 Å². The van der Waals surface area contributed by atoms with E-state index in [0.717, 1.165) is 68.7 Å². The van der Waals surface area contributed by atoms with Gasteiger partial charge in [0.1, 0.15) is 18.0 Å². The van der Waals surface area contributed by atoms with Gasteiger partial charge in [0.15, 0.2) is 0 Å². The third-order valence-corrected chi connectivity index (χ3v) is 6.84. The van der Waals surface area contributed by atoms with Crippen LogP contribution >= 0.6 is 0 Å². The third kappa shape index (κ3) is 3.86. The van der Waals surface area contributed by atoms with Crippen LogP contribution in [0.3, 0.4) is 0 Å². The van der Waals surface area contributed by atoms with E-state index >= 15 is 0 Å². The highest BCUT2D eigenvalue weighted by atomic mass is 15.3. The normalized spacial score (nSPS) is 25.6. The molecule has 3 aliphatic rings. The van der Waals surface area contributed by atoms with Gasteiger partial charge in [-0.1, -0.05) is 30.3 Å². The van der Waals surface area contributed by atoms with E-state index in [1.165, 1.54) is 19.3 Å². The van der Waals surface area contributed by atoms with Crippen molar-refractivity contribution in [1.29, 1.82) is 0 Å². The van der Waals surface area contributed by atoms with Crippen molar-refractivity contribution in [2.24, 2.45) is 11.8 Å². The molecule has 2 unspecified atom stereocenters. The number of piperazine rings is 1. The second-order valence-corrected chi connectivity index (χ2v) is 8.89. The zero-order valence-corrected chi connectivity index (χ0v) is 16.9. The summed E-state index contributed by atoms with van der Waals surface area (Å²) in [6, 6.07) is 13.2. The minimum absolute atomic E-state index is 0.824. The average Bonchev–Trinajstić information content (AvgIpc) is 3.48. The summed E-state index contributed by atoms with van der Waals surface area (Å²) in [6.45, 7) is 6.63. The van der Waals surface area contributed by atoms with E-state index in [0.29, 0.717) is 0 Å². The van der Waals surface area contributed by atoms with Crippen LogP contribution in [0, 0.1) is 11.8 Å². The highest BCUT2D eigenvalue weighted by molar-refractivity contribution is 5.51.